The van der Waals surface area contributed by atoms with Crippen molar-refractivity contribution in [3.05, 3.63) is 0 Å². The third-order valence-electron chi connectivity index (χ3n) is 18.4. The van der Waals surface area contributed by atoms with Crippen LogP contribution in [0.4, 0.5) is 0 Å². The van der Waals surface area contributed by atoms with Gasteiger partial charge in [-0.1, -0.05) is 368 Å². The normalized spacial score (nSPS) is 13.8. The standard InChI is InChI=1S/C78H152O17P2/c1-5-9-13-17-21-25-28-30-32-34-35-36-37-38-39-41-43-46-49-53-57-61-65-78(83)95-74(69-89-76(81)63-59-55-51-47-45-42-40-33-31-29-26-22-18-14-10-6-2)71-93-97(86,87)91-67-72(79)66-90-96(84,85)92-70-73(68-88-75(80)62-58-54-50-24-20-16-12-8-4)94-77(82)64-60-56-52-48-44-27-23-19-15-11-7-3/h72-74,79H,5-71H2,1-4H3,(H,84,85)(H,86,87)/t72-,73+,74+/m0/s1. The maximum absolute atomic E-state index is 13.1. The summed E-state index contributed by atoms with van der Waals surface area (Å²) in [6, 6.07) is 0. The van der Waals surface area contributed by atoms with E-state index in [1.807, 2.05) is 0 Å². The number of phosphoric acid groups is 2. The Labute approximate surface area is 594 Å². The van der Waals surface area contributed by atoms with Crippen LogP contribution in [0.5, 0.6) is 0 Å². The van der Waals surface area contributed by atoms with Crippen LogP contribution in [0.25, 0.3) is 0 Å². The van der Waals surface area contributed by atoms with Crippen molar-refractivity contribution in [1.82, 2.24) is 0 Å². The maximum atomic E-state index is 13.1. The first-order valence-electron chi connectivity index (χ1n) is 40.8. The predicted octanol–water partition coefficient (Wildman–Crippen LogP) is 23.4. The largest absolute Gasteiger partial charge is 0.472 e. The third kappa shape index (κ3) is 72.2. The summed E-state index contributed by atoms with van der Waals surface area (Å²) in [5.74, 6) is -2.11. The molecule has 0 aliphatic carbocycles. The molecule has 0 spiro atoms. The lowest BCUT2D eigenvalue weighted by Gasteiger charge is -2.21. The molecule has 0 radical (unpaired) electrons. The Kier molecular flexibility index (Phi) is 71.0. The van der Waals surface area contributed by atoms with Gasteiger partial charge >= 0.3 is 39.5 Å². The second-order valence-electron chi connectivity index (χ2n) is 28.1. The minimum Gasteiger partial charge on any atom is -0.462 e. The molecule has 0 aliphatic rings. The van der Waals surface area contributed by atoms with Crippen LogP contribution in [0, 0.1) is 0 Å². The number of rotatable bonds is 79. The van der Waals surface area contributed by atoms with E-state index in [-0.39, 0.29) is 25.7 Å². The number of carbonyl (C=O) groups excluding carboxylic acids is 4. The Hall–Kier alpha value is -1.94. The summed E-state index contributed by atoms with van der Waals surface area (Å²) in [4.78, 5) is 72.7. The zero-order valence-electron chi connectivity index (χ0n) is 63.1. The molecule has 0 amide bonds. The van der Waals surface area contributed by atoms with Gasteiger partial charge in [0.2, 0.25) is 0 Å². The molecule has 0 bridgehead atoms. The molecule has 19 heteroatoms. The van der Waals surface area contributed by atoms with E-state index in [1.54, 1.807) is 0 Å². The fraction of sp³-hybridized carbons (Fsp3) is 0.949. The zero-order chi connectivity index (χ0) is 71.1. The summed E-state index contributed by atoms with van der Waals surface area (Å²) in [5.41, 5.74) is 0. The Morgan fingerprint density at radius 2 is 0.412 bits per heavy atom. The summed E-state index contributed by atoms with van der Waals surface area (Å²) < 4.78 is 68.5. The van der Waals surface area contributed by atoms with Crippen LogP contribution in [-0.2, 0) is 65.4 Å². The van der Waals surface area contributed by atoms with Crippen molar-refractivity contribution in [2.45, 2.75) is 438 Å². The monoisotopic (exact) mass is 1420 g/mol. The van der Waals surface area contributed by atoms with Crippen molar-refractivity contribution in [3.8, 4) is 0 Å². The quantitative estimate of drug-likeness (QED) is 0.0222. The molecular formula is C78H152O17P2. The van der Waals surface area contributed by atoms with E-state index in [2.05, 4.69) is 27.7 Å². The molecule has 0 rings (SSSR count). The van der Waals surface area contributed by atoms with Gasteiger partial charge in [0, 0.05) is 25.7 Å². The second-order valence-corrected chi connectivity index (χ2v) is 31.0. The van der Waals surface area contributed by atoms with Gasteiger partial charge in [-0.2, -0.15) is 0 Å². The van der Waals surface area contributed by atoms with E-state index < -0.39 is 97.5 Å². The van der Waals surface area contributed by atoms with Gasteiger partial charge in [0.1, 0.15) is 19.3 Å². The van der Waals surface area contributed by atoms with Gasteiger partial charge in [0.15, 0.2) is 12.2 Å². The molecule has 0 saturated heterocycles. The van der Waals surface area contributed by atoms with E-state index in [0.717, 1.165) is 96.3 Å². The highest BCUT2D eigenvalue weighted by atomic mass is 31.2. The van der Waals surface area contributed by atoms with Crippen LogP contribution < -0.4 is 0 Å². The van der Waals surface area contributed by atoms with Crippen LogP contribution in [0.2, 0.25) is 0 Å². The van der Waals surface area contributed by atoms with Crippen LogP contribution in [0.1, 0.15) is 419 Å². The molecule has 3 N–H and O–H groups in total. The minimum atomic E-state index is -4.96. The predicted molar refractivity (Wildman–Crippen MR) is 395 cm³/mol. The van der Waals surface area contributed by atoms with E-state index >= 15 is 0 Å². The van der Waals surface area contributed by atoms with Crippen molar-refractivity contribution in [1.29, 1.82) is 0 Å². The van der Waals surface area contributed by atoms with Gasteiger partial charge in [0.05, 0.1) is 26.4 Å². The lowest BCUT2D eigenvalue weighted by Crippen LogP contribution is -2.30. The van der Waals surface area contributed by atoms with Gasteiger partial charge in [-0.05, 0) is 25.7 Å². The van der Waals surface area contributed by atoms with Gasteiger partial charge < -0.3 is 33.8 Å². The van der Waals surface area contributed by atoms with Gasteiger partial charge in [-0.15, -0.1) is 0 Å². The SMILES string of the molecule is CCCCCCCCCCCCCCCCCCCCCCCCC(=O)O[C@H](COC(=O)CCCCCCCCCCCCCCCCCC)COP(=O)(O)OC[C@@H](O)COP(=O)(O)OC[C@@H](COC(=O)CCCCCCCCCC)OC(=O)CCCCCCCCCCCCC. The summed E-state index contributed by atoms with van der Waals surface area (Å²) >= 11 is 0. The van der Waals surface area contributed by atoms with Gasteiger partial charge in [-0.3, -0.25) is 37.3 Å². The number of phosphoric ester groups is 2. The summed E-state index contributed by atoms with van der Waals surface area (Å²) in [7, 11) is -9.91. The van der Waals surface area contributed by atoms with E-state index in [1.165, 1.54) is 244 Å². The third-order valence-corrected chi connectivity index (χ3v) is 20.3. The average Bonchev–Trinajstić information content (AvgIpc) is 1.05. The van der Waals surface area contributed by atoms with Crippen molar-refractivity contribution in [2.75, 3.05) is 39.6 Å². The lowest BCUT2D eigenvalue weighted by molar-refractivity contribution is -0.161. The van der Waals surface area contributed by atoms with Crippen LogP contribution >= 0.6 is 15.6 Å². The topological polar surface area (TPSA) is 237 Å². The number of aliphatic hydroxyl groups excluding tert-OH is 1. The van der Waals surface area contributed by atoms with E-state index in [9.17, 15) is 43.2 Å². The molecule has 17 nitrogen and oxygen atoms in total. The van der Waals surface area contributed by atoms with Crippen molar-refractivity contribution in [3.63, 3.8) is 0 Å². The summed E-state index contributed by atoms with van der Waals surface area (Å²) in [6.45, 7) is 4.97. The molecule has 0 fully saturated rings. The minimum absolute atomic E-state index is 0.107. The zero-order valence-corrected chi connectivity index (χ0v) is 64.8. The van der Waals surface area contributed by atoms with Crippen molar-refractivity contribution in [2.24, 2.45) is 0 Å². The highest BCUT2D eigenvalue weighted by Crippen LogP contribution is 2.45. The number of esters is 4. The fourth-order valence-corrected chi connectivity index (χ4v) is 13.7. The fourth-order valence-electron chi connectivity index (χ4n) is 12.1. The van der Waals surface area contributed by atoms with E-state index in [4.69, 9.17) is 37.0 Å². The molecule has 2 unspecified atom stereocenters. The molecule has 97 heavy (non-hydrogen) atoms. The molecule has 0 aromatic carbocycles. The highest BCUT2D eigenvalue weighted by molar-refractivity contribution is 7.47. The van der Waals surface area contributed by atoms with Crippen LogP contribution in [0.15, 0.2) is 0 Å². The van der Waals surface area contributed by atoms with E-state index in [0.29, 0.717) is 25.7 Å². The first-order chi connectivity index (χ1) is 47.2. The molecule has 0 saturated carbocycles. The molecule has 0 heterocycles. The highest BCUT2D eigenvalue weighted by Gasteiger charge is 2.30. The smallest absolute Gasteiger partial charge is 0.462 e. The molecule has 0 aromatic rings. The first-order valence-corrected chi connectivity index (χ1v) is 43.8. The Balaban J connectivity index is 5.16. The molecule has 0 aliphatic heterocycles. The van der Waals surface area contributed by atoms with Crippen LogP contribution in [0.3, 0.4) is 0 Å². The Bertz CT molecular complexity index is 1840. The van der Waals surface area contributed by atoms with Crippen molar-refractivity contribution >= 4 is 39.5 Å². The number of hydrogen-bond acceptors (Lipinski definition) is 15. The van der Waals surface area contributed by atoms with Gasteiger partial charge in [-0.25, -0.2) is 9.13 Å². The second kappa shape index (κ2) is 72.4. The molecule has 0 aromatic heterocycles. The van der Waals surface area contributed by atoms with Crippen molar-refractivity contribution < 1.29 is 80.2 Å². The van der Waals surface area contributed by atoms with Crippen LogP contribution in [-0.4, -0.2) is 96.7 Å². The Morgan fingerprint density at radius 1 is 0.247 bits per heavy atom. The molecule has 5 atom stereocenters. The number of aliphatic hydroxyl groups is 1. The summed E-state index contributed by atoms with van der Waals surface area (Å²) in [5, 5.41) is 10.6. The molecule has 576 valence electrons. The number of ether oxygens (including phenoxy) is 4. The van der Waals surface area contributed by atoms with Gasteiger partial charge in [0.25, 0.3) is 0 Å². The lowest BCUT2D eigenvalue weighted by atomic mass is 10.0. The summed E-state index contributed by atoms with van der Waals surface area (Å²) in [6.07, 6.45) is 64.0. The number of hydrogen-bond donors (Lipinski definition) is 3. The number of carbonyl (C=O) groups is 4. The maximum Gasteiger partial charge on any atom is 0.472 e. The Morgan fingerprint density at radius 3 is 0.608 bits per heavy atom. The average molecular weight is 1420 g/mol. The number of unbranched alkanes of at least 4 members (excludes halogenated alkanes) is 53. The first kappa shape index (κ1) is 95.1. The molecular weight excluding hydrogens is 1270 g/mol.